The van der Waals surface area contributed by atoms with Crippen LogP contribution in [0.2, 0.25) is 0 Å². The molecule has 2 saturated heterocycles. The number of pyridine rings is 1. The predicted molar refractivity (Wildman–Crippen MR) is 161 cm³/mol. The van der Waals surface area contributed by atoms with Crippen LogP contribution in [0.25, 0.3) is 22.1 Å². The maximum atomic E-state index is 14.6. The van der Waals surface area contributed by atoms with Crippen LogP contribution in [0, 0.1) is 17.1 Å². The SMILES string of the molecule is COC(=O)c1ccc2nc(CN3CCN(c4ccc5cnn(Cc6ccc(C#N)cc6F)c5n4)CC3)n(C[C@@H]3CCO3)c2c1. The number of halogens is 1. The van der Waals surface area contributed by atoms with Gasteiger partial charge in [0.25, 0.3) is 0 Å². The molecule has 0 amide bonds. The van der Waals surface area contributed by atoms with Gasteiger partial charge in [-0.3, -0.25) is 4.90 Å². The van der Waals surface area contributed by atoms with Gasteiger partial charge in [-0.1, -0.05) is 6.07 Å². The number of piperazine rings is 1. The van der Waals surface area contributed by atoms with Crippen LogP contribution < -0.4 is 4.90 Å². The molecule has 1 atom stereocenters. The largest absolute Gasteiger partial charge is 0.465 e. The Morgan fingerprint density at radius 1 is 1.09 bits per heavy atom. The van der Waals surface area contributed by atoms with Crippen molar-refractivity contribution in [1.82, 2.24) is 29.2 Å². The number of anilines is 1. The minimum absolute atomic E-state index is 0.146. The number of methoxy groups -OCH3 is 1. The second-order valence-electron chi connectivity index (χ2n) is 11.2. The quantitative estimate of drug-likeness (QED) is 0.248. The van der Waals surface area contributed by atoms with Crippen LogP contribution in [-0.2, 0) is 29.1 Å². The minimum Gasteiger partial charge on any atom is -0.465 e. The lowest BCUT2D eigenvalue weighted by atomic mass is 10.1. The van der Waals surface area contributed by atoms with Crippen molar-refractivity contribution in [1.29, 1.82) is 5.26 Å². The second kappa shape index (κ2) is 11.7. The third-order valence-electron chi connectivity index (χ3n) is 8.46. The Morgan fingerprint density at radius 2 is 1.93 bits per heavy atom. The van der Waals surface area contributed by atoms with E-state index in [4.69, 9.17) is 24.7 Å². The molecule has 2 aromatic carbocycles. The third-order valence-corrected chi connectivity index (χ3v) is 8.46. The maximum absolute atomic E-state index is 14.6. The highest BCUT2D eigenvalue weighted by Gasteiger charge is 2.25. The fraction of sp³-hybridized carbons (Fsp3) is 0.344. The van der Waals surface area contributed by atoms with E-state index in [1.807, 2.05) is 30.3 Å². The molecule has 12 heteroatoms. The molecule has 0 aliphatic carbocycles. The van der Waals surface area contributed by atoms with E-state index in [0.29, 0.717) is 29.9 Å². The molecular weight excluding hydrogens is 563 g/mol. The van der Waals surface area contributed by atoms with Crippen molar-refractivity contribution in [3.8, 4) is 6.07 Å². The molecule has 2 aliphatic rings. The Bertz CT molecular complexity index is 1900. The van der Waals surface area contributed by atoms with Gasteiger partial charge < -0.3 is 18.9 Å². The summed E-state index contributed by atoms with van der Waals surface area (Å²) in [4.78, 5) is 26.7. The molecule has 0 saturated carbocycles. The molecule has 3 aromatic heterocycles. The molecule has 2 fully saturated rings. The molecule has 11 nitrogen and oxygen atoms in total. The molecular formula is C32H31FN8O3. The van der Waals surface area contributed by atoms with Crippen molar-refractivity contribution < 1.29 is 18.7 Å². The van der Waals surface area contributed by atoms with Gasteiger partial charge in [0, 0.05) is 43.7 Å². The van der Waals surface area contributed by atoms with Crippen molar-refractivity contribution in [2.75, 3.05) is 44.8 Å². The van der Waals surface area contributed by atoms with Gasteiger partial charge in [0.15, 0.2) is 5.65 Å². The van der Waals surface area contributed by atoms with Gasteiger partial charge in [-0.2, -0.15) is 10.4 Å². The molecule has 5 aromatic rings. The van der Waals surface area contributed by atoms with E-state index in [1.165, 1.54) is 13.2 Å². The average Bonchev–Trinajstić information content (AvgIpc) is 3.59. The molecule has 0 radical (unpaired) electrons. The van der Waals surface area contributed by atoms with E-state index in [0.717, 1.165) is 67.3 Å². The van der Waals surface area contributed by atoms with E-state index >= 15 is 0 Å². The number of carbonyl (C=O) groups excluding carboxylic acids is 1. The van der Waals surface area contributed by atoms with Crippen molar-refractivity contribution in [3.63, 3.8) is 0 Å². The first-order chi connectivity index (χ1) is 21.5. The van der Waals surface area contributed by atoms with E-state index in [1.54, 1.807) is 29.1 Å². The second-order valence-corrected chi connectivity index (χ2v) is 11.2. The number of carbonyl (C=O) groups is 1. The molecule has 7 rings (SSSR count). The molecule has 5 heterocycles. The molecule has 44 heavy (non-hydrogen) atoms. The Hall–Kier alpha value is -4.86. The summed E-state index contributed by atoms with van der Waals surface area (Å²) < 4.78 is 29.1. The number of hydrogen-bond donors (Lipinski definition) is 0. The van der Waals surface area contributed by atoms with Gasteiger partial charge in [-0.25, -0.2) is 23.8 Å². The Balaban J connectivity index is 1.06. The number of ether oxygens (including phenoxy) is 2. The molecule has 0 unspecified atom stereocenters. The highest BCUT2D eigenvalue weighted by Crippen LogP contribution is 2.25. The van der Waals surface area contributed by atoms with Gasteiger partial charge in [0.2, 0.25) is 0 Å². The number of imidazole rings is 1. The minimum atomic E-state index is -0.433. The van der Waals surface area contributed by atoms with Gasteiger partial charge in [-0.15, -0.1) is 0 Å². The molecule has 2 aliphatic heterocycles. The monoisotopic (exact) mass is 594 g/mol. The van der Waals surface area contributed by atoms with E-state index in [-0.39, 0.29) is 24.2 Å². The lowest BCUT2D eigenvalue weighted by Crippen LogP contribution is -2.46. The van der Waals surface area contributed by atoms with Gasteiger partial charge in [0.05, 0.1) is 67.3 Å². The number of benzene rings is 2. The molecule has 0 bridgehead atoms. The normalized spacial score (nSPS) is 17.1. The highest BCUT2D eigenvalue weighted by atomic mass is 19.1. The lowest BCUT2D eigenvalue weighted by Gasteiger charge is -2.35. The summed E-state index contributed by atoms with van der Waals surface area (Å²) in [6, 6.07) is 15.9. The van der Waals surface area contributed by atoms with Crippen LogP contribution in [0.1, 0.15) is 33.7 Å². The van der Waals surface area contributed by atoms with Crippen molar-refractivity contribution in [2.45, 2.75) is 32.2 Å². The van der Waals surface area contributed by atoms with Crippen LogP contribution >= 0.6 is 0 Å². The zero-order valence-corrected chi connectivity index (χ0v) is 24.3. The summed E-state index contributed by atoms with van der Waals surface area (Å²) in [6.45, 7) is 5.59. The first kappa shape index (κ1) is 27.9. The average molecular weight is 595 g/mol. The zero-order valence-electron chi connectivity index (χ0n) is 24.3. The fourth-order valence-corrected chi connectivity index (χ4v) is 5.85. The summed E-state index contributed by atoms with van der Waals surface area (Å²) in [5, 5.41) is 14.4. The molecule has 224 valence electrons. The fourth-order valence-electron chi connectivity index (χ4n) is 5.85. The summed E-state index contributed by atoms with van der Waals surface area (Å²) in [6.07, 6.45) is 2.89. The van der Waals surface area contributed by atoms with Crippen molar-refractivity contribution in [2.24, 2.45) is 0 Å². The number of hydrogen-bond acceptors (Lipinski definition) is 9. The Morgan fingerprint density at radius 3 is 2.66 bits per heavy atom. The number of fused-ring (bicyclic) bond motifs is 2. The van der Waals surface area contributed by atoms with Crippen molar-refractivity contribution in [3.05, 3.63) is 83.1 Å². The predicted octanol–water partition coefficient (Wildman–Crippen LogP) is 3.74. The van der Waals surface area contributed by atoms with Crippen molar-refractivity contribution >= 4 is 33.9 Å². The van der Waals surface area contributed by atoms with Gasteiger partial charge in [0.1, 0.15) is 17.5 Å². The first-order valence-corrected chi connectivity index (χ1v) is 14.7. The highest BCUT2D eigenvalue weighted by molar-refractivity contribution is 5.93. The first-order valence-electron chi connectivity index (χ1n) is 14.7. The van der Waals surface area contributed by atoms with E-state index in [9.17, 15) is 9.18 Å². The smallest absolute Gasteiger partial charge is 0.337 e. The standard InChI is InChI=1S/C32H31FN8O3/c1-43-32(42)22-4-6-27-28(15-22)40(19-25-8-13-44-25)30(36-27)20-38-9-11-39(12-10-38)29-7-5-23-17-35-41(31(23)37-29)18-24-3-2-21(16-34)14-26(24)33/h2-7,14-15,17,25H,8-13,18-20H2,1H3/t25-/m0/s1. The number of rotatable bonds is 8. The van der Waals surface area contributed by atoms with Crippen LogP contribution in [0.4, 0.5) is 10.2 Å². The summed E-state index contributed by atoms with van der Waals surface area (Å²) >= 11 is 0. The van der Waals surface area contributed by atoms with Crippen LogP contribution in [0.3, 0.4) is 0 Å². The number of esters is 1. The van der Waals surface area contributed by atoms with Gasteiger partial charge in [-0.05, 0) is 48.9 Å². The zero-order chi connectivity index (χ0) is 30.2. The molecule has 0 spiro atoms. The summed E-state index contributed by atoms with van der Waals surface area (Å²) in [5.74, 6) is 1.000. The van der Waals surface area contributed by atoms with E-state index < -0.39 is 5.82 Å². The number of nitrogens with zero attached hydrogens (tertiary/aromatic N) is 8. The maximum Gasteiger partial charge on any atom is 0.337 e. The van der Waals surface area contributed by atoms with Crippen LogP contribution in [0.5, 0.6) is 0 Å². The Labute approximate surface area is 253 Å². The number of nitriles is 1. The Kier molecular flexibility index (Phi) is 7.41. The third kappa shape index (κ3) is 5.36. The summed E-state index contributed by atoms with van der Waals surface area (Å²) in [5.41, 5.74) is 3.68. The topological polar surface area (TPSA) is 114 Å². The van der Waals surface area contributed by atoms with Crippen LogP contribution in [0.15, 0.2) is 54.7 Å². The lowest BCUT2D eigenvalue weighted by molar-refractivity contribution is -0.0592. The number of aromatic nitrogens is 5. The van der Waals surface area contributed by atoms with Crippen LogP contribution in [-0.4, -0.2) is 81.2 Å². The summed E-state index contributed by atoms with van der Waals surface area (Å²) in [7, 11) is 1.39. The van der Waals surface area contributed by atoms with Gasteiger partial charge >= 0.3 is 5.97 Å². The van der Waals surface area contributed by atoms with E-state index in [2.05, 4.69) is 19.5 Å². The molecule has 0 N–H and O–H groups in total.